The fraction of sp³-hybridized carbons (Fsp3) is 0.500. The number of H-pyrrole nitrogens is 1. The lowest BCUT2D eigenvalue weighted by atomic mass is 10.7. The Kier molecular flexibility index (Phi) is 1.64. The lowest BCUT2D eigenvalue weighted by Crippen LogP contribution is -2.05. The van der Waals surface area contributed by atoms with Gasteiger partial charge in [0.2, 0.25) is 5.89 Å². The third-order valence-electron chi connectivity index (χ3n) is 0.810. The molecule has 0 radical (unpaired) electrons. The van der Waals surface area contributed by atoms with E-state index in [9.17, 15) is 4.79 Å². The van der Waals surface area contributed by atoms with Crippen LogP contribution < -0.4 is 11.1 Å². The Hall–Kier alpha value is -1.10. The van der Waals surface area contributed by atoms with Crippen molar-refractivity contribution in [1.82, 2.24) is 15.5 Å². The van der Waals surface area contributed by atoms with E-state index >= 15 is 0 Å². The van der Waals surface area contributed by atoms with Gasteiger partial charge in [0.15, 0.2) is 0 Å². The molecule has 50 valence electrons. The van der Waals surface area contributed by atoms with Crippen LogP contribution in [0.2, 0.25) is 0 Å². The van der Waals surface area contributed by atoms with E-state index in [1.54, 1.807) is 7.05 Å². The van der Waals surface area contributed by atoms with Crippen molar-refractivity contribution >= 4 is 0 Å². The summed E-state index contributed by atoms with van der Waals surface area (Å²) in [4.78, 5) is 10.3. The van der Waals surface area contributed by atoms with E-state index in [4.69, 9.17) is 0 Å². The molecule has 5 heteroatoms. The summed E-state index contributed by atoms with van der Waals surface area (Å²) in [5.41, 5.74) is 0. The van der Waals surface area contributed by atoms with Crippen molar-refractivity contribution in [3.8, 4) is 0 Å². The molecule has 0 spiro atoms. The lowest BCUT2D eigenvalue weighted by molar-refractivity contribution is 0.451. The van der Waals surface area contributed by atoms with Crippen molar-refractivity contribution in [2.24, 2.45) is 0 Å². The van der Waals surface area contributed by atoms with E-state index in [-0.39, 0.29) is 0 Å². The summed E-state index contributed by atoms with van der Waals surface area (Å²) in [5.74, 6) is -0.136. The SMILES string of the molecule is CNCc1n[nH]c(=O)o1. The highest BCUT2D eigenvalue weighted by Crippen LogP contribution is 1.82. The van der Waals surface area contributed by atoms with Crippen molar-refractivity contribution in [3.05, 3.63) is 16.4 Å². The molecule has 1 aromatic heterocycles. The first kappa shape index (κ1) is 6.03. The average molecular weight is 129 g/mol. The first-order valence-electron chi connectivity index (χ1n) is 2.52. The van der Waals surface area contributed by atoms with Crippen LogP contribution in [0.1, 0.15) is 5.89 Å². The molecule has 2 N–H and O–H groups in total. The number of aromatic nitrogens is 2. The Morgan fingerprint density at radius 1 is 1.89 bits per heavy atom. The molecular formula is C4H7N3O2. The number of nitrogens with zero attached hydrogens (tertiary/aromatic N) is 1. The van der Waals surface area contributed by atoms with E-state index in [1.165, 1.54) is 0 Å². The number of nitrogens with one attached hydrogen (secondary N) is 2. The molecule has 0 amide bonds. The number of hydrogen-bond acceptors (Lipinski definition) is 4. The van der Waals surface area contributed by atoms with Gasteiger partial charge in [-0.05, 0) is 7.05 Å². The monoisotopic (exact) mass is 129 g/mol. The molecule has 0 aliphatic carbocycles. The van der Waals surface area contributed by atoms with Crippen LogP contribution in [0.25, 0.3) is 0 Å². The fourth-order valence-corrected chi connectivity index (χ4v) is 0.487. The van der Waals surface area contributed by atoms with E-state index in [1.807, 2.05) is 0 Å². The van der Waals surface area contributed by atoms with Gasteiger partial charge in [0.05, 0.1) is 6.54 Å². The largest absolute Gasteiger partial charge is 0.434 e. The van der Waals surface area contributed by atoms with Gasteiger partial charge in [-0.1, -0.05) is 0 Å². The summed E-state index contributed by atoms with van der Waals surface area (Å²) in [5, 5.41) is 8.46. The second-order valence-corrected chi connectivity index (χ2v) is 1.54. The van der Waals surface area contributed by atoms with Crippen molar-refractivity contribution in [2.45, 2.75) is 6.54 Å². The Morgan fingerprint density at radius 2 is 2.67 bits per heavy atom. The fourth-order valence-electron chi connectivity index (χ4n) is 0.487. The van der Waals surface area contributed by atoms with Crippen LogP contribution >= 0.6 is 0 Å². The third-order valence-corrected chi connectivity index (χ3v) is 0.810. The molecule has 0 aromatic carbocycles. The van der Waals surface area contributed by atoms with Gasteiger partial charge in [-0.25, -0.2) is 9.89 Å². The Morgan fingerprint density at radius 3 is 3.11 bits per heavy atom. The highest BCUT2D eigenvalue weighted by molar-refractivity contribution is 4.69. The predicted molar refractivity (Wildman–Crippen MR) is 29.9 cm³/mol. The van der Waals surface area contributed by atoms with Crippen LogP contribution in [0.5, 0.6) is 0 Å². The minimum absolute atomic E-state index is 0.377. The van der Waals surface area contributed by atoms with E-state index in [0.29, 0.717) is 12.4 Å². The van der Waals surface area contributed by atoms with Crippen molar-refractivity contribution < 1.29 is 4.42 Å². The van der Waals surface area contributed by atoms with Gasteiger partial charge in [0.1, 0.15) is 0 Å². The minimum atomic E-state index is -0.514. The van der Waals surface area contributed by atoms with Crippen LogP contribution in [0.15, 0.2) is 9.21 Å². The highest BCUT2D eigenvalue weighted by Gasteiger charge is 1.95. The summed E-state index contributed by atoms with van der Waals surface area (Å²) in [6, 6.07) is 0. The van der Waals surface area contributed by atoms with Gasteiger partial charge in [-0.15, -0.1) is 5.10 Å². The topological polar surface area (TPSA) is 70.9 Å². The zero-order chi connectivity index (χ0) is 6.69. The second-order valence-electron chi connectivity index (χ2n) is 1.54. The predicted octanol–water partition coefficient (Wildman–Crippen LogP) is -0.918. The number of hydrogen-bond donors (Lipinski definition) is 2. The first-order chi connectivity index (χ1) is 4.33. The molecule has 0 aliphatic heterocycles. The van der Waals surface area contributed by atoms with E-state index in [0.717, 1.165) is 0 Å². The quantitative estimate of drug-likeness (QED) is 0.542. The highest BCUT2D eigenvalue weighted by atomic mass is 16.4. The Labute approximate surface area is 51.1 Å². The van der Waals surface area contributed by atoms with Gasteiger partial charge < -0.3 is 9.73 Å². The molecule has 0 bridgehead atoms. The first-order valence-corrected chi connectivity index (χ1v) is 2.52. The Balaban J connectivity index is 2.73. The molecule has 0 atom stereocenters. The molecule has 0 saturated carbocycles. The second kappa shape index (κ2) is 2.45. The standard InChI is InChI=1S/C4H7N3O2/c1-5-2-3-6-7-4(8)9-3/h5H,2H2,1H3,(H,7,8). The molecule has 0 fully saturated rings. The van der Waals surface area contributed by atoms with Crippen LogP contribution in [0.4, 0.5) is 0 Å². The zero-order valence-corrected chi connectivity index (χ0v) is 4.97. The normalized spacial score (nSPS) is 9.89. The van der Waals surface area contributed by atoms with Gasteiger partial charge in [0.25, 0.3) is 0 Å². The maximum atomic E-state index is 10.3. The maximum Gasteiger partial charge on any atom is 0.434 e. The van der Waals surface area contributed by atoms with Crippen molar-refractivity contribution in [1.29, 1.82) is 0 Å². The maximum absolute atomic E-state index is 10.3. The summed E-state index contributed by atoms with van der Waals surface area (Å²) in [6.45, 7) is 0.471. The van der Waals surface area contributed by atoms with Crippen LogP contribution in [-0.4, -0.2) is 17.2 Å². The summed E-state index contributed by atoms with van der Waals surface area (Å²) < 4.78 is 4.54. The van der Waals surface area contributed by atoms with Crippen LogP contribution in [0, 0.1) is 0 Å². The summed E-state index contributed by atoms with van der Waals surface area (Å²) in [6.07, 6.45) is 0. The van der Waals surface area contributed by atoms with Crippen LogP contribution in [0.3, 0.4) is 0 Å². The third kappa shape index (κ3) is 1.39. The molecule has 1 rings (SSSR count). The molecule has 1 heterocycles. The van der Waals surface area contributed by atoms with Gasteiger partial charge >= 0.3 is 5.76 Å². The van der Waals surface area contributed by atoms with Gasteiger partial charge in [0, 0.05) is 0 Å². The zero-order valence-electron chi connectivity index (χ0n) is 4.97. The average Bonchev–Trinajstić information content (AvgIpc) is 2.17. The Bertz CT molecular complexity index is 226. The van der Waals surface area contributed by atoms with Gasteiger partial charge in [-0.3, -0.25) is 0 Å². The van der Waals surface area contributed by atoms with Crippen molar-refractivity contribution in [2.75, 3.05) is 7.05 Å². The van der Waals surface area contributed by atoms with E-state index < -0.39 is 5.76 Å². The minimum Gasteiger partial charge on any atom is -0.391 e. The molecule has 0 saturated heterocycles. The molecule has 0 aliphatic rings. The van der Waals surface area contributed by atoms with Crippen molar-refractivity contribution in [3.63, 3.8) is 0 Å². The summed E-state index contributed by atoms with van der Waals surface area (Å²) >= 11 is 0. The number of aromatic amines is 1. The van der Waals surface area contributed by atoms with Gasteiger partial charge in [-0.2, -0.15) is 0 Å². The van der Waals surface area contributed by atoms with Crippen LogP contribution in [-0.2, 0) is 6.54 Å². The molecule has 1 aromatic rings. The number of rotatable bonds is 2. The van der Waals surface area contributed by atoms with E-state index in [2.05, 4.69) is 19.9 Å². The molecule has 5 nitrogen and oxygen atoms in total. The molecule has 9 heavy (non-hydrogen) atoms. The summed E-state index contributed by atoms with van der Waals surface area (Å²) in [7, 11) is 1.74. The molecular weight excluding hydrogens is 122 g/mol. The lowest BCUT2D eigenvalue weighted by Gasteiger charge is -1.85. The smallest absolute Gasteiger partial charge is 0.391 e. The molecule has 0 unspecified atom stereocenters.